The molecule has 34 heavy (non-hydrogen) atoms. The Kier molecular flexibility index (Phi) is 6.24. The summed E-state index contributed by atoms with van der Waals surface area (Å²) in [5, 5.41) is 11.9. The summed E-state index contributed by atoms with van der Waals surface area (Å²) in [6.45, 7) is 1.20. The van der Waals surface area contributed by atoms with Gasteiger partial charge in [-0.05, 0) is 35.4 Å². The van der Waals surface area contributed by atoms with Crippen LogP contribution >= 0.6 is 0 Å². The number of hydrogen-bond acceptors (Lipinski definition) is 9. The number of nitrogens with one attached hydrogen (secondary N) is 1. The van der Waals surface area contributed by atoms with Crippen LogP contribution in [0.2, 0.25) is 0 Å². The number of aromatic nitrogens is 3. The van der Waals surface area contributed by atoms with Crippen LogP contribution in [0.4, 0.5) is 11.8 Å². The number of pyridine rings is 1. The molecule has 0 unspecified atom stereocenters. The Morgan fingerprint density at radius 3 is 2.59 bits per heavy atom. The van der Waals surface area contributed by atoms with Crippen LogP contribution in [0.3, 0.4) is 0 Å². The van der Waals surface area contributed by atoms with Crippen LogP contribution < -0.4 is 15.0 Å². The van der Waals surface area contributed by atoms with Gasteiger partial charge in [-0.15, -0.1) is 5.10 Å². The number of nitrogens with zero attached hydrogens (tertiary/aromatic N) is 4. The molecule has 0 aliphatic carbocycles. The topological polar surface area (TPSA) is 94.8 Å². The van der Waals surface area contributed by atoms with E-state index in [9.17, 15) is 0 Å². The van der Waals surface area contributed by atoms with Crippen molar-refractivity contribution in [2.45, 2.75) is 13.1 Å². The Morgan fingerprint density at radius 1 is 0.971 bits per heavy atom. The molecule has 9 nitrogen and oxygen atoms in total. The van der Waals surface area contributed by atoms with Gasteiger partial charge >= 0.3 is 6.01 Å². The van der Waals surface area contributed by atoms with Gasteiger partial charge in [0.25, 0.3) is 5.89 Å². The molecule has 4 aromatic rings. The van der Waals surface area contributed by atoms with E-state index < -0.39 is 0 Å². The molecule has 0 saturated heterocycles. The maximum absolute atomic E-state index is 6.07. The number of anilines is 2. The maximum Gasteiger partial charge on any atom is 0.325 e. The van der Waals surface area contributed by atoms with Crippen molar-refractivity contribution in [1.29, 1.82) is 0 Å². The quantitative estimate of drug-likeness (QED) is 0.388. The molecular weight excluding hydrogens is 434 g/mol. The van der Waals surface area contributed by atoms with E-state index in [1.807, 2.05) is 66.7 Å². The molecule has 0 amide bonds. The lowest BCUT2D eigenvalue weighted by atomic mass is 10.2. The summed E-state index contributed by atoms with van der Waals surface area (Å²) in [5.74, 6) is 2.30. The first-order valence-electron chi connectivity index (χ1n) is 10.7. The molecule has 0 atom stereocenters. The van der Waals surface area contributed by atoms with Gasteiger partial charge in [0.15, 0.2) is 0 Å². The third kappa shape index (κ3) is 4.78. The summed E-state index contributed by atoms with van der Waals surface area (Å²) in [6, 6.07) is 21.8. The number of benzene rings is 2. The van der Waals surface area contributed by atoms with Gasteiger partial charge in [0.2, 0.25) is 12.7 Å². The fraction of sp³-hybridized carbons (Fsp3) is 0.160. The lowest BCUT2D eigenvalue weighted by Gasteiger charge is -2.19. The molecule has 0 spiro atoms. The largest absolute Gasteiger partial charge is 0.497 e. The van der Waals surface area contributed by atoms with E-state index in [0.29, 0.717) is 42.3 Å². The Bertz CT molecular complexity index is 1260. The Labute approximate surface area is 196 Å². The fourth-order valence-corrected chi connectivity index (χ4v) is 3.46. The van der Waals surface area contributed by atoms with Gasteiger partial charge in [0.05, 0.1) is 19.2 Å². The average molecular weight is 457 g/mol. The molecule has 0 fully saturated rings. The molecule has 172 valence electrons. The molecule has 3 heterocycles. The van der Waals surface area contributed by atoms with Crippen molar-refractivity contribution in [3.63, 3.8) is 0 Å². The lowest BCUT2D eigenvalue weighted by Crippen LogP contribution is -2.22. The fourth-order valence-electron chi connectivity index (χ4n) is 3.46. The van der Waals surface area contributed by atoms with E-state index in [4.69, 9.17) is 18.6 Å². The second-order valence-electron chi connectivity index (χ2n) is 7.45. The molecule has 0 radical (unpaired) electrons. The Morgan fingerprint density at radius 2 is 1.82 bits per heavy atom. The second-order valence-corrected chi connectivity index (χ2v) is 7.45. The molecule has 2 aromatic carbocycles. The zero-order valence-electron chi connectivity index (χ0n) is 18.5. The van der Waals surface area contributed by atoms with E-state index in [2.05, 4.69) is 20.5 Å². The Hall–Kier alpha value is -4.53. The molecule has 0 saturated carbocycles. The highest BCUT2D eigenvalue weighted by atomic mass is 16.7. The van der Waals surface area contributed by atoms with Gasteiger partial charge < -0.3 is 23.9 Å². The first kappa shape index (κ1) is 21.3. The van der Waals surface area contributed by atoms with Crippen LogP contribution in [0.15, 0.2) is 89.5 Å². The minimum absolute atomic E-state index is 0.143. The highest BCUT2D eigenvalue weighted by molar-refractivity contribution is 5.69. The van der Waals surface area contributed by atoms with Crippen molar-refractivity contribution < 1.29 is 18.6 Å². The van der Waals surface area contributed by atoms with E-state index in [-0.39, 0.29) is 6.79 Å². The van der Waals surface area contributed by atoms with E-state index in [0.717, 1.165) is 16.9 Å². The molecule has 9 heteroatoms. The maximum atomic E-state index is 6.07. The Balaban J connectivity index is 1.38. The zero-order valence-corrected chi connectivity index (χ0v) is 18.5. The van der Waals surface area contributed by atoms with Crippen LogP contribution in [-0.4, -0.2) is 29.1 Å². The zero-order chi connectivity index (χ0) is 23.2. The number of ether oxygens (including phenoxy) is 3. The molecule has 1 N–H and O–H groups in total. The summed E-state index contributed by atoms with van der Waals surface area (Å²) >= 11 is 0. The average Bonchev–Trinajstić information content (AvgIpc) is 3.60. The normalized spacial score (nSPS) is 12.4. The highest BCUT2D eigenvalue weighted by Crippen LogP contribution is 2.30. The van der Waals surface area contributed by atoms with Crippen LogP contribution in [-0.2, 0) is 22.6 Å². The van der Waals surface area contributed by atoms with Crippen LogP contribution in [0.25, 0.3) is 11.5 Å². The van der Waals surface area contributed by atoms with E-state index in [1.54, 1.807) is 24.5 Å². The molecule has 1 aliphatic heterocycles. The van der Waals surface area contributed by atoms with Gasteiger partial charge in [-0.3, -0.25) is 4.90 Å². The minimum Gasteiger partial charge on any atom is -0.497 e. The number of hydrogen-bond donors (Lipinski definition) is 1. The minimum atomic E-state index is 0.143. The van der Waals surface area contributed by atoms with Crippen LogP contribution in [0, 0.1) is 0 Å². The number of rotatable bonds is 9. The van der Waals surface area contributed by atoms with Gasteiger partial charge in [-0.25, -0.2) is 4.98 Å². The predicted octanol–water partition coefficient (Wildman–Crippen LogP) is 4.56. The van der Waals surface area contributed by atoms with Gasteiger partial charge in [0, 0.05) is 12.7 Å². The summed E-state index contributed by atoms with van der Waals surface area (Å²) < 4.78 is 22.1. The SMILES string of the molecule is COc1ccc(CNc2ncccc2-c2nnc(N(Cc3ccccc3)C3=COCO3)o2)cc1. The van der Waals surface area contributed by atoms with E-state index in [1.165, 1.54) is 0 Å². The third-order valence-corrected chi connectivity index (χ3v) is 5.21. The second kappa shape index (κ2) is 9.95. The van der Waals surface area contributed by atoms with Crippen molar-refractivity contribution in [2.24, 2.45) is 0 Å². The van der Waals surface area contributed by atoms with Gasteiger partial charge in [-0.2, -0.15) is 0 Å². The molecule has 2 aromatic heterocycles. The van der Waals surface area contributed by atoms with Crippen molar-refractivity contribution >= 4 is 11.8 Å². The summed E-state index contributed by atoms with van der Waals surface area (Å²) in [7, 11) is 1.65. The standard InChI is InChI=1S/C25H23N5O4/c1-31-20-11-9-18(10-12-20)14-27-23-21(8-5-13-26-23)24-28-29-25(34-24)30(22-16-32-17-33-22)15-19-6-3-2-4-7-19/h2-13,16H,14-15,17H2,1H3,(H,26,27). The van der Waals surface area contributed by atoms with Crippen molar-refractivity contribution in [2.75, 3.05) is 24.1 Å². The summed E-state index contributed by atoms with van der Waals surface area (Å²) in [5.41, 5.74) is 2.84. The third-order valence-electron chi connectivity index (χ3n) is 5.21. The van der Waals surface area contributed by atoms with Crippen molar-refractivity contribution in [3.8, 4) is 17.2 Å². The molecule has 5 rings (SSSR count). The highest BCUT2D eigenvalue weighted by Gasteiger charge is 2.24. The first-order valence-corrected chi connectivity index (χ1v) is 10.7. The van der Waals surface area contributed by atoms with Crippen molar-refractivity contribution in [3.05, 3.63) is 96.2 Å². The van der Waals surface area contributed by atoms with Crippen LogP contribution in [0.1, 0.15) is 11.1 Å². The molecule has 0 bridgehead atoms. The first-order chi connectivity index (χ1) is 16.8. The summed E-state index contributed by atoms with van der Waals surface area (Å²) in [4.78, 5) is 6.25. The number of methoxy groups -OCH3 is 1. The van der Waals surface area contributed by atoms with Crippen LogP contribution in [0.5, 0.6) is 5.75 Å². The lowest BCUT2D eigenvalue weighted by molar-refractivity contribution is 0.0776. The molecular formula is C25H23N5O4. The predicted molar refractivity (Wildman–Crippen MR) is 126 cm³/mol. The van der Waals surface area contributed by atoms with Gasteiger partial charge in [0.1, 0.15) is 17.8 Å². The summed E-state index contributed by atoms with van der Waals surface area (Å²) in [6.07, 6.45) is 3.26. The van der Waals surface area contributed by atoms with E-state index >= 15 is 0 Å². The monoisotopic (exact) mass is 457 g/mol. The van der Waals surface area contributed by atoms with Gasteiger partial charge in [-0.1, -0.05) is 47.6 Å². The smallest absolute Gasteiger partial charge is 0.325 e. The van der Waals surface area contributed by atoms with Crippen molar-refractivity contribution in [1.82, 2.24) is 15.2 Å². The molecule has 1 aliphatic rings.